The van der Waals surface area contributed by atoms with Gasteiger partial charge in [-0.3, -0.25) is 0 Å². The van der Waals surface area contributed by atoms with Crippen molar-refractivity contribution in [3.63, 3.8) is 0 Å². The maximum atomic E-state index is 10.3. The van der Waals surface area contributed by atoms with E-state index in [1.54, 1.807) is 18.2 Å². The highest BCUT2D eigenvalue weighted by Crippen LogP contribution is 2.31. The first-order valence-electron chi connectivity index (χ1n) is 5.86. The van der Waals surface area contributed by atoms with E-state index in [0.717, 1.165) is 11.0 Å². The Balaban J connectivity index is 2.05. The van der Waals surface area contributed by atoms with Gasteiger partial charge in [-0.25, -0.2) is 0 Å². The summed E-state index contributed by atoms with van der Waals surface area (Å²) in [5.41, 5.74) is 7.64. The summed E-state index contributed by atoms with van der Waals surface area (Å²) in [5.74, 6) is 0.468. The van der Waals surface area contributed by atoms with Crippen LogP contribution in [0.25, 0.3) is 11.0 Å². The fourth-order valence-corrected chi connectivity index (χ4v) is 2.27. The molecule has 0 spiro atoms. The van der Waals surface area contributed by atoms with Crippen molar-refractivity contribution >= 4 is 28.3 Å². The van der Waals surface area contributed by atoms with E-state index in [0.29, 0.717) is 22.0 Å². The SMILES string of the molecule is Nc1cc(Cl)ccc1C(O)c1cc2ccccc2o1. The molecule has 0 aliphatic carbocycles. The maximum absolute atomic E-state index is 10.3. The van der Waals surface area contributed by atoms with Crippen LogP contribution in [-0.4, -0.2) is 5.11 Å². The minimum Gasteiger partial charge on any atom is -0.458 e. The lowest BCUT2D eigenvalue weighted by molar-refractivity contribution is 0.193. The summed E-state index contributed by atoms with van der Waals surface area (Å²) in [6.45, 7) is 0. The Morgan fingerprint density at radius 2 is 1.89 bits per heavy atom. The second-order valence-electron chi connectivity index (χ2n) is 4.36. The van der Waals surface area contributed by atoms with Gasteiger partial charge in [-0.15, -0.1) is 0 Å². The summed E-state index contributed by atoms with van der Waals surface area (Å²) in [6, 6.07) is 14.4. The third kappa shape index (κ3) is 2.18. The molecule has 3 N–H and O–H groups in total. The van der Waals surface area contributed by atoms with E-state index >= 15 is 0 Å². The molecular weight excluding hydrogens is 262 g/mol. The number of rotatable bonds is 2. The number of anilines is 1. The number of aliphatic hydroxyl groups excluding tert-OH is 1. The van der Waals surface area contributed by atoms with Gasteiger partial charge in [0.25, 0.3) is 0 Å². The molecule has 0 amide bonds. The standard InChI is InChI=1S/C15H12ClNO2/c16-10-5-6-11(12(17)8-10)15(18)14-7-9-3-1-2-4-13(9)19-14/h1-8,15,18H,17H2. The number of hydrogen-bond donors (Lipinski definition) is 2. The molecule has 19 heavy (non-hydrogen) atoms. The molecule has 3 rings (SSSR count). The number of fused-ring (bicyclic) bond motifs is 1. The zero-order valence-corrected chi connectivity index (χ0v) is 10.8. The van der Waals surface area contributed by atoms with Crippen LogP contribution in [-0.2, 0) is 0 Å². The topological polar surface area (TPSA) is 59.4 Å². The van der Waals surface area contributed by atoms with Gasteiger partial charge in [0.2, 0.25) is 0 Å². The molecule has 3 aromatic rings. The lowest BCUT2D eigenvalue weighted by atomic mass is 10.1. The van der Waals surface area contributed by atoms with E-state index in [1.165, 1.54) is 0 Å². The molecule has 1 atom stereocenters. The first-order valence-corrected chi connectivity index (χ1v) is 6.24. The average Bonchev–Trinajstić information content (AvgIpc) is 2.81. The highest BCUT2D eigenvalue weighted by atomic mass is 35.5. The Morgan fingerprint density at radius 3 is 2.63 bits per heavy atom. The maximum Gasteiger partial charge on any atom is 0.139 e. The monoisotopic (exact) mass is 273 g/mol. The van der Waals surface area contributed by atoms with Crippen molar-refractivity contribution in [1.29, 1.82) is 0 Å². The summed E-state index contributed by atoms with van der Waals surface area (Å²) in [4.78, 5) is 0. The van der Waals surface area contributed by atoms with Crippen molar-refractivity contribution in [2.75, 3.05) is 5.73 Å². The second-order valence-corrected chi connectivity index (χ2v) is 4.80. The molecule has 0 aliphatic rings. The molecule has 0 aliphatic heterocycles. The second kappa shape index (κ2) is 4.61. The molecule has 1 aromatic heterocycles. The number of benzene rings is 2. The number of nitrogen functional groups attached to an aromatic ring is 1. The summed E-state index contributed by atoms with van der Waals surface area (Å²) in [7, 11) is 0. The van der Waals surface area contributed by atoms with Crippen LogP contribution in [0.2, 0.25) is 5.02 Å². The number of hydrogen-bond acceptors (Lipinski definition) is 3. The third-order valence-corrected chi connectivity index (χ3v) is 3.29. The smallest absolute Gasteiger partial charge is 0.139 e. The van der Waals surface area contributed by atoms with Crippen LogP contribution in [0.3, 0.4) is 0 Å². The predicted octanol–water partition coefficient (Wildman–Crippen LogP) is 3.75. The van der Waals surface area contributed by atoms with Gasteiger partial charge in [0, 0.05) is 21.7 Å². The molecule has 1 heterocycles. The van der Waals surface area contributed by atoms with E-state index in [-0.39, 0.29) is 0 Å². The van der Waals surface area contributed by atoms with E-state index < -0.39 is 6.10 Å². The Labute approximate surface area is 115 Å². The van der Waals surface area contributed by atoms with Crippen LogP contribution >= 0.6 is 11.6 Å². The highest BCUT2D eigenvalue weighted by molar-refractivity contribution is 6.30. The number of para-hydroxylation sites is 1. The largest absolute Gasteiger partial charge is 0.458 e. The van der Waals surface area contributed by atoms with Gasteiger partial charge < -0.3 is 15.3 Å². The minimum atomic E-state index is -0.898. The van der Waals surface area contributed by atoms with Crippen LogP contribution in [0.4, 0.5) is 5.69 Å². The van der Waals surface area contributed by atoms with Gasteiger partial charge in [0.05, 0.1) is 0 Å². The molecule has 0 saturated carbocycles. The number of aliphatic hydroxyl groups is 1. The van der Waals surface area contributed by atoms with Gasteiger partial charge in [0.1, 0.15) is 17.4 Å². The van der Waals surface area contributed by atoms with E-state index in [9.17, 15) is 5.11 Å². The normalized spacial score (nSPS) is 12.7. The van der Waals surface area contributed by atoms with E-state index in [4.69, 9.17) is 21.8 Å². The zero-order valence-electron chi connectivity index (χ0n) is 10.0. The molecule has 1 unspecified atom stereocenters. The quantitative estimate of drug-likeness (QED) is 0.699. The Hall–Kier alpha value is -1.97. The van der Waals surface area contributed by atoms with Crippen LogP contribution in [0.15, 0.2) is 52.9 Å². The lowest BCUT2D eigenvalue weighted by Crippen LogP contribution is -2.02. The van der Waals surface area contributed by atoms with E-state index in [2.05, 4.69) is 0 Å². The molecule has 0 fully saturated rings. The fourth-order valence-electron chi connectivity index (χ4n) is 2.09. The van der Waals surface area contributed by atoms with Crippen molar-refractivity contribution in [2.24, 2.45) is 0 Å². The Kier molecular flexibility index (Phi) is 2.93. The van der Waals surface area contributed by atoms with Gasteiger partial charge in [0.15, 0.2) is 0 Å². The molecule has 0 radical (unpaired) electrons. The van der Waals surface area contributed by atoms with Gasteiger partial charge in [-0.2, -0.15) is 0 Å². The van der Waals surface area contributed by atoms with Crippen molar-refractivity contribution < 1.29 is 9.52 Å². The van der Waals surface area contributed by atoms with Crippen LogP contribution in [0, 0.1) is 0 Å². The summed E-state index contributed by atoms with van der Waals surface area (Å²) in [5, 5.41) is 11.8. The average molecular weight is 274 g/mol. The zero-order chi connectivity index (χ0) is 13.4. The van der Waals surface area contributed by atoms with Crippen LogP contribution in [0.5, 0.6) is 0 Å². The molecule has 0 saturated heterocycles. The van der Waals surface area contributed by atoms with Gasteiger partial charge in [-0.1, -0.05) is 35.9 Å². The van der Waals surface area contributed by atoms with Crippen molar-refractivity contribution in [3.05, 3.63) is 64.9 Å². The van der Waals surface area contributed by atoms with Gasteiger partial charge in [-0.05, 0) is 24.3 Å². The highest BCUT2D eigenvalue weighted by Gasteiger charge is 2.17. The molecule has 3 nitrogen and oxygen atoms in total. The minimum absolute atomic E-state index is 0.445. The number of nitrogens with two attached hydrogens (primary N) is 1. The Bertz CT molecular complexity index is 703. The van der Waals surface area contributed by atoms with Crippen LogP contribution < -0.4 is 5.73 Å². The fraction of sp³-hybridized carbons (Fsp3) is 0.0667. The van der Waals surface area contributed by atoms with Crippen molar-refractivity contribution in [2.45, 2.75) is 6.10 Å². The molecule has 0 bridgehead atoms. The molecule has 2 aromatic carbocycles. The first-order chi connectivity index (χ1) is 9.15. The van der Waals surface area contributed by atoms with Crippen LogP contribution in [0.1, 0.15) is 17.4 Å². The number of furan rings is 1. The summed E-state index contributed by atoms with van der Waals surface area (Å²) in [6.07, 6.45) is -0.898. The third-order valence-electron chi connectivity index (χ3n) is 3.06. The molecule has 96 valence electrons. The first kappa shape index (κ1) is 12.1. The molecule has 4 heteroatoms. The lowest BCUT2D eigenvalue weighted by Gasteiger charge is -2.11. The Morgan fingerprint density at radius 1 is 1.11 bits per heavy atom. The van der Waals surface area contributed by atoms with Crippen molar-refractivity contribution in [3.8, 4) is 0 Å². The van der Waals surface area contributed by atoms with Crippen molar-refractivity contribution in [1.82, 2.24) is 0 Å². The predicted molar refractivity (Wildman–Crippen MR) is 76.1 cm³/mol. The van der Waals surface area contributed by atoms with E-state index in [1.807, 2.05) is 30.3 Å². The molecular formula is C15H12ClNO2. The summed E-state index contributed by atoms with van der Waals surface area (Å²) < 4.78 is 5.63. The number of halogens is 1. The summed E-state index contributed by atoms with van der Waals surface area (Å²) >= 11 is 5.85. The van der Waals surface area contributed by atoms with Gasteiger partial charge >= 0.3 is 0 Å².